The van der Waals surface area contributed by atoms with E-state index in [4.69, 9.17) is 9.47 Å². The molecule has 0 amide bonds. The Kier molecular flexibility index (Phi) is 4.29. The van der Waals surface area contributed by atoms with Crippen LogP contribution in [0.15, 0.2) is 42.0 Å². The predicted molar refractivity (Wildman–Crippen MR) is 94.6 cm³/mol. The summed E-state index contributed by atoms with van der Waals surface area (Å²) in [5.74, 6) is 2.41. The molecule has 0 aliphatic heterocycles. The van der Waals surface area contributed by atoms with Crippen LogP contribution in [0.4, 0.5) is 0 Å². The highest BCUT2D eigenvalue weighted by molar-refractivity contribution is 14.1. The van der Waals surface area contributed by atoms with E-state index >= 15 is 0 Å². The van der Waals surface area contributed by atoms with E-state index in [2.05, 4.69) is 53.0 Å². The van der Waals surface area contributed by atoms with Crippen molar-refractivity contribution >= 4 is 22.6 Å². The summed E-state index contributed by atoms with van der Waals surface area (Å²) in [5, 5.41) is 0. The van der Waals surface area contributed by atoms with Gasteiger partial charge in [-0.05, 0) is 49.3 Å². The van der Waals surface area contributed by atoms with Crippen LogP contribution in [0, 0.1) is 5.92 Å². The number of hydrogen-bond acceptors (Lipinski definition) is 2. The highest BCUT2D eigenvalue weighted by atomic mass is 127. The van der Waals surface area contributed by atoms with Crippen molar-refractivity contribution in [2.45, 2.75) is 29.1 Å². The molecule has 1 aromatic rings. The summed E-state index contributed by atoms with van der Waals surface area (Å²) in [4.78, 5) is 0. The maximum atomic E-state index is 5.36. The molecule has 2 unspecified atom stereocenters. The summed E-state index contributed by atoms with van der Waals surface area (Å²) in [6, 6.07) is 6.20. The summed E-state index contributed by atoms with van der Waals surface area (Å²) >= 11 is 2.60. The van der Waals surface area contributed by atoms with E-state index < -0.39 is 0 Å². The van der Waals surface area contributed by atoms with Gasteiger partial charge in [-0.15, -0.1) is 0 Å². The number of ether oxygens (including phenoxy) is 2. The number of benzene rings is 1. The van der Waals surface area contributed by atoms with Crippen LogP contribution >= 0.6 is 22.6 Å². The Labute approximate surface area is 140 Å². The molecule has 0 heterocycles. The predicted octanol–water partition coefficient (Wildman–Crippen LogP) is 4.72. The van der Waals surface area contributed by atoms with Gasteiger partial charge < -0.3 is 9.47 Å². The molecule has 112 valence electrons. The van der Waals surface area contributed by atoms with Crippen LogP contribution in [0.5, 0.6) is 11.5 Å². The number of hydrogen-bond donors (Lipinski definition) is 0. The van der Waals surface area contributed by atoms with Gasteiger partial charge in [0.05, 0.1) is 14.2 Å². The molecule has 2 aliphatic carbocycles. The topological polar surface area (TPSA) is 18.5 Å². The van der Waals surface area contributed by atoms with E-state index in [0.717, 1.165) is 30.3 Å². The van der Waals surface area contributed by atoms with Gasteiger partial charge in [-0.3, -0.25) is 0 Å². The van der Waals surface area contributed by atoms with Crippen molar-refractivity contribution in [2.24, 2.45) is 5.92 Å². The van der Waals surface area contributed by atoms with Gasteiger partial charge in [0.25, 0.3) is 0 Å². The third-order valence-corrected chi connectivity index (χ3v) is 5.89. The summed E-state index contributed by atoms with van der Waals surface area (Å²) in [5.41, 5.74) is 2.81. The van der Waals surface area contributed by atoms with Crippen LogP contribution < -0.4 is 9.47 Å². The van der Waals surface area contributed by atoms with Crippen LogP contribution in [-0.2, 0) is 6.42 Å². The van der Waals surface area contributed by atoms with Gasteiger partial charge in [-0.25, -0.2) is 0 Å². The molecule has 0 bridgehead atoms. The summed E-state index contributed by atoms with van der Waals surface area (Å²) in [7, 11) is 3.36. The molecular formula is C18H21IO2. The summed E-state index contributed by atoms with van der Waals surface area (Å²) in [6.07, 6.45) is 11.9. The molecule has 0 spiro atoms. The lowest BCUT2D eigenvalue weighted by Gasteiger charge is -2.12. The molecule has 0 radical (unpaired) electrons. The molecule has 2 aliphatic rings. The molecule has 1 fully saturated rings. The lowest BCUT2D eigenvalue weighted by Crippen LogP contribution is -2.01. The molecule has 2 atom stereocenters. The molecule has 3 heteroatoms. The van der Waals surface area contributed by atoms with Gasteiger partial charge >= 0.3 is 0 Å². The van der Waals surface area contributed by atoms with Crippen molar-refractivity contribution in [1.82, 2.24) is 0 Å². The number of rotatable bonds is 6. The number of halogens is 1. The smallest absolute Gasteiger partial charge is 0.160 e. The molecule has 1 aromatic carbocycles. The van der Waals surface area contributed by atoms with Crippen molar-refractivity contribution < 1.29 is 9.47 Å². The van der Waals surface area contributed by atoms with Crippen LogP contribution in [0.3, 0.4) is 0 Å². The van der Waals surface area contributed by atoms with Gasteiger partial charge in [0, 0.05) is 3.42 Å². The minimum absolute atomic E-state index is 0.450. The van der Waals surface area contributed by atoms with E-state index in [9.17, 15) is 0 Å². The molecular weight excluding hydrogens is 375 g/mol. The molecule has 21 heavy (non-hydrogen) atoms. The largest absolute Gasteiger partial charge is 0.493 e. The molecule has 3 rings (SSSR count). The van der Waals surface area contributed by atoms with Crippen LogP contribution in [-0.4, -0.2) is 17.6 Å². The molecule has 0 N–H and O–H groups in total. The van der Waals surface area contributed by atoms with Crippen molar-refractivity contribution in [3.8, 4) is 11.5 Å². The standard InChI is InChI=1S/C18H21IO2/c1-20-16-9-7-13(10-17(16)21-2)4-3-5-14-6-8-15-12-18(15,19)11-14/h6-11,15H,3-5,12H2,1-2H3. The average Bonchev–Trinajstić information content (AvgIpc) is 3.17. The first-order valence-corrected chi connectivity index (χ1v) is 8.52. The monoisotopic (exact) mass is 396 g/mol. The first kappa shape index (κ1) is 14.9. The number of allylic oxidation sites excluding steroid dienone is 4. The van der Waals surface area contributed by atoms with E-state index in [0.29, 0.717) is 3.42 Å². The Morgan fingerprint density at radius 3 is 2.71 bits per heavy atom. The maximum absolute atomic E-state index is 5.36. The number of alkyl halides is 1. The fourth-order valence-electron chi connectivity index (χ4n) is 2.96. The second kappa shape index (κ2) is 6.03. The SMILES string of the molecule is COc1ccc(CCCC2=CC3(I)CC3C=C2)cc1OC. The molecule has 0 saturated heterocycles. The number of methoxy groups -OCH3 is 2. The summed E-state index contributed by atoms with van der Waals surface area (Å²) < 4.78 is 11.1. The van der Waals surface area contributed by atoms with Crippen molar-refractivity contribution in [3.05, 3.63) is 47.6 Å². The van der Waals surface area contributed by atoms with Crippen LogP contribution in [0.25, 0.3) is 0 Å². The number of fused-ring (bicyclic) bond motifs is 1. The number of aryl methyl sites for hydroxylation is 1. The van der Waals surface area contributed by atoms with E-state index in [1.54, 1.807) is 14.2 Å². The van der Waals surface area contributed by atoms with Gasteiger partial charge in [0.15, 0.2) is 11.5 Å². The summed E-state index contributed by atoms with van der Waals surface area (Å²) in [6.45, 7) is 0. The zero-order valence-corrected chi connectivity index (χ0v) is 14.7. The highest BCUT2D eigenvalue weighted by Crippen LogP contribution is 2.56. The maximum Gasteiger partial charge on any atom is 0.160 e. The third-order valence-electron chi connectivity index (χ3n) is 4.34. The second-order valence-electron chi connectivity index (χ2n) is 5.86. The Hall–Kier alpha value is -0.970. The van der Waals surface area contributed by atoms with E-state index in [-0.39, 0.29) is 0 Å². The fraction of sp³-hybridized carbons (Fsp3) is 0.444. The van der Waals surface area contributed by atoms with Gasteiger partial charge in [-0.1, -0.05) is 52.5 Å². The second-order valence-corrected chi connectivity index (χ2v) is 7.87. The van der Waals surface area contributed by atoms with Gasteiger partial charge in [0.2, 0.25) is 0 Å². The minimum Gasteiger partial charge on any atom is -0.493 e. The Bertz CT molecular complexity index is 591. The zero-order valence-electron chi connectivity index (χ0n) is 12.6. The Morgan fingerprint density at radius 1 is 1.19 bits per heavy atom. The third kappa shape index (κ3) is 3.28. The van der Waals surface area contributed by atoms with Gasteiger partial charge in [0.1, 0.15) is 0 Å². The fourth-order valence-corrected chi connectivity index (χ4v) is 4.04. The van der Waals surface area contributed by atoms with Crippen molar-refractivity contribution in [2.75, 3.05) is 14.2 Å². The first-order chi connectivity index (χ1) is 10.1. The average molecular weight is 396 g/mol. The molecule has 2 nitrogen and oxygen atoms in total. The van der Waals surface area contributed by atoms with E-state index in [1.165, 1.54) is 24.0 Å². The lowest BCUT2D eigenvalue weighted by molar-refractivity contribution is 0.354. The van der Waals surface area contributed by atoms with Crippen LogP contribution in [0.2, 0.25) is 0 Å². The minimum atomic E-state index is 0.450. The Balaban J connectivity index is 1.56. The lowest BCUT2D eigenvalue weighted by atomic mass is 9.99. The van der Waals surface area contributed by atoms with Crippen molar-refractivity contribution in [3.63, 3.8) is 0 Å². The quantitative estimate of drug-likeness (QED) is 0.512. The van der Waals surface area contributed by atoms with Gasteiger partial charge in [-0.2, -0.15) is 0 Å². The van der Waals surface area contributed by atoms with E-state index in [1.807, 2.05) is 6.07 Å². The highest BCUT2D eigenvalue weighted by Gasteiger charge is 2.49. The van der Waals surface area contributed by atoms with Crippen molar-refractivity contribution in [1.29, 1.82) is 0 Å². The molecule has 0 aromatic heterocycles. The molecule has 1 saturated carbocycles. The van der Waals surface area contributed by atoms with Crippen LogP contribution in [0.1, 0.15) is 24.8 Å². The Morgan fingerprint density at radius 2 is 2.00 bits per heavy atom. The first-order valence-electron chi connectivity index (χ1n) is 7.44. The normalized spacial score (nSPS) is 26.0. The zero-order chi connectivity index (χ0) is 14.9.